The highest BCUT2D eigenvalue weighted by Crippen LogP contribution is 2.30. The summed E-state index contributed by atoms with van der Waals surface area (Å²) in [6.07, 6.45) is 8.18. The molecule has 0 spiro atoms. The Bertz CT molecular complexity index is 781. The minimum Gasteiger partial charge on any atom is -0.376 e. The summed E-state index contributed by atoms with van der Waals surface area (Å²) < 4.78 is 0. The zero-order valence-electron chi connectivity index (χ0n) is 11.2. The van der Waals surface area contributed by atoms with Crippen molar-refractivity contribution < 1.29 is 4.92 Å². The third-order valence-corrected chi connectivity index (χ3v) is 3.58. The Balaban J connectivity index is 2.07. The van der Waals surface area contributed by atoms with Crippen molar-refractivity contribution >= 4 is 22.3 Å². The number of H-pyrrole nitrogens is 1. The van der Waals surface area contributed by atoms with Gasteiger partial charge >= 0.3 is 0 Å². The summed E-state index contributed by atoms with van der Waals surface area (Å²) >= 11 is 0. The number of aromatic nitrogens is 2. The molecule has 108 valence electrons. The van der Waals surface area contributed by atoms with E-state index < -0.39 is 4.92 Å². The van der Waals surface area contributed by atoms with E-state index in [2.05, 4.69) is 27.4 Å². The van der Waals surface area contributed by atoms with Crippen molar-refractivity contribution in [3.05, 3.63) is 51.1 Å². The Morgan fingerprint density at radius 1 is 1.38 bits per heavy atom. The number of fused-ring (bicyclic) bond motifs is 1. The van der Waals surface area contributed by atoms with Gasteiger partial charge in [0.2, 0.25) is 0 Å². The summed E-state index contributed by atoms with van der Waals surface area (Å²) in [7, 11) is 0. The minimum absolute atomic E-state index is 0.101. The second kappa shape index (κ2) is 5.35. The summed E-state index contributed by atoms with van der Waals surface area (Å²) in [4.78, 5) is 29.0. The van der Waals surface area contributed by atoms with Crippen LogP contribution in [0, 0.1) is 10.1 Å². The van der Waals surface area contributed by atoms with E-state index in [1.165, 1.54) is 12.4 Å². The molecule has 3 rings (SSSR count). The van der Waals surface area contributed by atoms with Gasteiger partial charge in [0, 0.05) is 12.1 Å². The predicted octanol–water partition coefficient (Wildman–Crippen LogP) is 2.35. The molecule has 0 radical (unpaired) electrons. The van der Waals surface area contributed by atoms with Gasteiger partial charge in [-0.2, -0.15) is 0 Å². The summed E-state index contributed by atoms with van der Waals surface area (Å²) in [6.45, 7) is 0. The Morgan fingerprint density at radius 2 is 2.24 bits per heavy atom. The first-order chi connectivity index (χ1) is 10.1. The molecule has 7 heteroatoms. The van der Waals surface area contributed by atoms with Crippen molar-refractivity contribution in [3.63, 3.8) is 0 Å². The van der Waals surface area contributed by atoms with Crippen LogP contribution in [0.2, 0.25) is 0 Å². The van der Waals surface area contributed by atoms with Crippen molar-refractivity contribution in [1.29, 1.82) is 0 Å². The zero-order valence-corrected chi connectivity index (χ0v) is 11.2. The van der Waals surface area contributed by atoms with Crippen LogP contribution in [-0.2, 0) is 0 Å². The molecule has 0 aliphatic heterocycles. The lowest BCUT2D eigenvalue weighted by Gasteiger charge is -2.20. The number of anilines is 1. The van der Waals surface area contributed by atoms with Crippen LogP contribution in [0.1, 0.15) is 19.3 Å². The standard InChI is InChI=1S/C14H14N4O3/c19-14-10-6-13(18(20)21)12(7-11(10)15-8-16-14)17-9-4-2-1-3-5-9/h1-2,6-9,17H,3-5H2,(H,15,16,19). The molecule has 2 N–H and O–H groups in total. The predicted molar refractivity (Wildman–Crippen MR) is 79.4 cm³/mol. The summed E-state index contributed by atoms with van der Waals surface area (Å²) in [5.41, 5.74) is 0.370. The maximum Gasteiger partial charge on any atom is 0.293 e. The first-order valence-electron chi connectivity index (χ1n) is 6.72. The van der Waals surface area contributed by atoms with E-state index >= 15 is 0 Å². The molecule has 2 aromatic rings. The molecule has 0 amide bonds. The Kier molecular flexibility index (Phi) is 3.39. The highest BCUT2D eigenvalue weighted by molar-refractivity contribution is 5.86. The number of nitro groups is 1. The zero-order chi connectivity index (χ0) is 14.8. The highest BCUT2D eigenvalue weighted by atomic mass is 16.6. The quantitative estimate of drug-likeness (QED) is 0.512. The number of benzene rings is 1. The largest absolute Gasteiger partial charge is 0.376 e. The molecule has 0 bridgehead atoms. The van der Waals surface area contributed by atoms with Gasteiger partial charge in [-0.25, -0.2) is 4.98 Å². The second-order valence-corrected chi connectivity index (χ2v) is 5.00. The van der Waals surface area contributed by atoms with Crippen LogP contribution in [0.5, 0.6) is 0 Å². The fourth-order valence-electron chi connectivity index (χ4n) is 2.51. The molecule has 1 aromatic heterocycles. The third kappa shape index (κ3) is 2.62. The van der Waals surface area contributed by atoms with Crippen molar-refractivity contribution in [2.24, 2.45) is 0 Å². The molecule has 0 saturated carbocycles. The molecular weight excluding hydrogens is 272 g/mol. The lowest BCUT2D eigenvalue weighted by Crippen LogP contribution is -2.21. The number of hydrogen-bond donors (Lipinski definition) is 2. The van der Waals surface area contributed by atoms with E-state index in [1.54, 1.807) is 6.07 Å². The Morgan fingerprint density at radius 3 is 2.95 bits per heavy atom. The lowest BCUT2D eigenvalue weighted by atomic mass is 10.0. The van der Waals surface area contributed by atoms with Crippen molar-refractivity contribution in [1.82, 2.24) is 9.97 Å². The van der Waals surface area contributed by atoms with E-state index in [0.717, 1.165) is 19.3 Å². The SMILES string of the molecule is O=c1[nH]cnc2cc(NC3CC=CCC3)c([N+](=O)[O-])cc12. The Labute approximate surface area is 119 Å². The molecule has 1 aromatic carbocycles. The highest BCUT2D eigenvalue weighted by Gasteiger charge is 2.20. The number of nitrogens with one attached hydrogen (secondary N) is 2. The van der Waals surface area contributed by atoms with Crippen molar-refractivity contribution in [3.8, 4) is 0 Å². The average molecular weight is 286 g/mol. The topological polar surface area (TPSA) is 101 Å². The van der Waals surface area contributed by atoms with E-state index in [0.29, 0.717) is 11.2 Å². The van der Waals surface area contributed by atoms with Crippen LogP contribution in [0.15, 0.2) is 35.4 Å². The van der Waals surface area contributed by atoms with Gasteiger partial charge in [-0.1, -0.05) is 12.2 Å². The van der Waals surface area contributed by atoms with E-state index in [-0.39, 0.29) is 22.7 Å². The van der Waals surface area contributed by atoms with Gasteiger partial charge in [0.15, 0.2) is 0 Å². The van der Waals surface area contributed by atoms with E-state index in [9.17, 15) is 14.9 Å². The maximum absolute atomic E-state index is 11.7. The maximum atomic E-state index is 11.7. The van der Waals surface area contributed by atoms with E-state index in [1.807, 2.05) is 0 Å². The smallest absolute Gasteiger partial charge is 0.293 e. The first-order valence-corrected chi connectivity index (χ1v) is 6.72. The number of rotatable bonds is 3. The summed E-state index contributed by atoms with van der Waals surface area (Å²) in [5, 5.41) is 14.7. The van der Waals surface area contributed by atoms with Crippen molar-refractivity contribution in [2.45, 2.75) is 25.3 Å². The fraction of sp³-hybridized carbons (Fsp3) is 0.286. The van der Waals surface area contributed by atoms with Gasteiger partial charge in [-0.15, -0.1) is 0 Å². The molecule has 0 fully saturated rings. The van der Waals surface area contributed by atoms with Crippen LogP contribution >= 0.6 is 0 Å². The molecule has 7 nitrogen and oxygen atoms in total. The lowest BCUT2D eigenvalue weighted by molar-refractivity contribution is -0.383. The normalized spacial score (nSPS) is 17.8. The van der Waals surface area contributed by atoms with Gasteiger partial charge in [0.1, 0.15) is 5.69 Å². The molecule has 1 aliphatic carbocycles. The summed E-state index contributed by atoms with van der Waals surface area (Å²) in [5.74, 6) is 0. The van der Waals surface area contributed by atoms with Gasteiger partial charge in [-0.05, 0) is 25.3 Å². The molecule has 21 heavy (non-hydrogen) atoms. The van der Waals surface area contributed by atoms with Gasteiger partial charge < -0.3 is 10.3 Å². The monoisotopic (exact) mass is 286 g/mol. The summed E-state index contributed by atoms with van der Waals surface area (Å²) in [6, 6.07) is 3.01. The van der Waals surface area contributed by atoms with E-state index in [4.69, 9.17) is 0 Å². The molecule has 0 saturated heterocycles. The van der Waals surface area contributed by atoms with Gasteiger partial charge in [-0.3, -0.25) is 14.9 Å². The molecular formula is C14H14N4O3. The van der Waals surface area contributed by atoms with Gasteiger partial charge in [0.25, 0.3) is 11.2 Å². The molecule has 1 heterocycles. The fourth-order valence-corrected chi connectivity index (χ4v) is 2.51. The number of hydrogen-bond acceptors (Lipinski definition) is 5. The number of nitrogens with zero attached hydrogens (tertiary/aromatic N) is 2. The molecule has 1 aliphatic rings. The Hall–Kier alpha value is -2.70. The van der Waals surface area contributed by atoms with Crippen LogP contribution in [0.3, 0.4) is 0 Å². The number of allylic oxidation sites excluding steroid dienone is 1. The molecule has 1 unspecified atom stereocenters. The first kappa shape index (κ1) is 13.3. The second-order valence-electron chi connectivity index (χ2n) is 5.00. The molecule has 1 atom stereocenters. The van der Waals surface area contributed by atoms with Crippen LogP contribution in [-0.4, -0.2) is 20.9 Å². The third-order valence-electron chi connectivity index (χ3n) is 3.58. The number of aromatic amines is 1. The van der Waals surface area contributed by atoms with Crippen molar-refractivity contribution in [2.75, 3.05) is 5.32 Å². The van der Waals surface area contributed by atoms with Gasteiger partial charge in [0.05, 0.1) is 22.2 Å². The van der Waals surface area contributed by atoms with Crippen LogP contribution in [0.4, 0.5) is 11.4 Å². The van der Waals surface area contributed by atoms with Crippen LogP contribution < -0.4 is 10.9 Å². The van der Waals surface area contributed by atoms with Crippen LogP contribution in [0.25, 0.3) is 10.9 Å². The minimum atomic E-state index is -0.479. The average Bonchev–Trinajstić information content (AvgIpc) is 2.48. The number of nitro benzene ring substituents is 1.